The van der Waals surface area contributed by atoms with Crippen LogP contribution in [0.15, 0.2) is 24.3 Å². The van der Waals surface area contributed by atoms with Gasteiger partial charge in [-0.15, -0.1) is 0 Å². The van der Waals surface area contributed by atoms with Gasteiger partial charge in [-0.3, -0.25) is 4.79 Å². The summed E-state index contributed by atoms with van der Waals surface area (Å²) in [5.74, 6) is -0.237. The first-order chi connectivity index (χ1) is 10.4. The first-order valence-electron chi connectivity index (χ1n) is 7.58. The van der Waals surface area contributed by atoms with Crippen LogP contribution in [0.2, 0.25) is 0 Å². The fourth-order valence-electron chi connectivity index (χ4n) is 3.23. The van der Waals surface area contributed by atoms with E-state index in [1.165, 1.54) is 12.1 Å². The molecular weight excluding hydrogens is 293 g/mol. The normalized spacial score (nSPS) is 28.5. The zero-order valence-corrected chi connectivity index (χ0v) is 12.1. The molecule has 3 nitrogen and oxygen atoms in total. The molecule has 1 aromatic rings. The molecule has 3 atom stereocenters. The maximum absolute atomic E-state index is 12.8. The lowest BCUT2D eigenvalue weighted by atomic mass is 10.0. The van der Waals surface area contributed by atoms with Crippen molar-refractivity contribution in [1.29, 1.82) is 0 Å². The average Bonchev–Trinajstić information content (AvgIpc) is 3.26. The largest absolute Gasteiger partial charge is 0.416 e. The standard InChI is InChI=1S/C16H19F3N2O/c17-16(18,19)11-4-1-3-10(7-11)13-8-14(13)15(22)21-6-2-5-12(20)9-21/h1,3-4,7,12-14H,2,5-6,8-9,20H2/t12-,13-,14+/m1/s1. The summed E-state index contributed by atoms with van der Waals surface area (Å²) in [6.45, 7) is 1.27. The Bertz CT molecular complexity index is 573. The van der Waals surface area contributed by atoms with Crippen LogP contribution in [0.25, 0.3) is 0 Å². The van der Waals surface area contributed by atoms with E-state index < -0.39 is 11.7 Å². The van der Waals surface area contributed by atoms with Gasteiger partial charge in [0.1, 0.15) is 0 Å². The maximum Gasteiger partial charge on any atom is 0.416 e. The highest BCUT2D eigenvalue weighted by Gasteiger charge is 2.46. The van der Waals surface area contributed by atoms with Crippen molar-refractivity contribution < 1.29 is 18.0 Å². The Morgan fingerprint density at radius 1 is 1.32 bits per heavy atom. The first kappa shape index (κ1) is 15.3. The second-order valence-corrected chi connectivity index (χ2v) is 6.26. The van der Waals surface area contributed by atoms with E-state index >= 15 is 0 Å². The van der Waals surface area contributed by atoms with E-state index in [1.54, 1.807) is 11.0 Å². The van der Waals surface area contributed by atoms with E-state index in [1.807, 2.05) is 0 Å². The second kappa shape index (κ2) is 5.57. The van der Waals surface area contributed by atoms with Crippen LogP contribution in [0.3, 0.4) is 0 Å². The highest BCUT2D eigenvalue weighted by molar-refractivity contribution is 5.83. The number of halogens is 3. The molecule has 2 fully saturated rings. The smallest absolute Gasteiger partial charge is 0.341 e. The molecule has 0 unspecified atom stereocenters. The number of benzene rings is 1. The van der Waals surface area contributed by atoms with E-state index in [0.29, 0.717) is 25.1 Å². The molecule has 1 saturated heterocycles. The van der Waals surface area contributed by atoms with Crippen LogP contribution in [-0.4, -0.2) is 29.9 Å². The van der Waals surface area contributed by atoms with Crippen molar-refractivity contribution >= 4 is 5.91 Å². The summed E-state index contributed by atoms with van der Waals surface area (Å²) in [5, 5.41) is 0. The van der Waals surface area contributed by atoms with Crippen molar-refractivity contribution in [3.05, 3.63) is 35.4 Å². The van der Waals surface area contributed by atoms with E-state index in [0.717, 1.165) is 18.9 Å². The third-order valence-electron chi connectivity index (χ3n) is 4.52. The van der Waals surface area contributed by atoms with E-state index in [9.17, 15) is 18.0 Å². The van der Waals surface area contributed by atoms with Gasteiger partial charge in [-0.05, 0) is 36.8 Å². The van der Waals surface area contributed by atoms with Crippen molar-refractivity contribution in [2.24, 2.45) is 11.7 Å². The highest BCUT2D eigenvalue weighted by Crippen LogP contribution is 2.49. The predicted molar refractivity (Wildman–Crippen MR) is 76.1 cm³/mol. The third kappa shape index (κ3) is 3.11. The molecule has 0 radical (unpaired) electrons. The summed E-state index contributed by atoms with van der Waals surface area (Å²) in [5.41, 5.74) is 5.83. The van der Waals surface area contributed by atoms with Gasteiger partial charge in [0.25, 0.3) is 0 Å². The molecule has 0 spiro atoms. The van der Waals surface area contributed by atoms with Crippen molar-refractivity contribution in [2.45, 2.75) is 37.4 Å². The third-order valence-corrected chi connectivity index (χ3v) is 4.52. The van der Waals surface area contributed by atoms with Gasteiger partial charge in [-0.1, -0.05) is 18.2 Å². The molecule has 2 aliphatic rings. The van der Waals surface area contributed by atoms with E-state index in [2.05, 4.69) is 0 Å². The van der Waals surface area contributed by atoms with Gasteiger partial charge in [0.05, 0.1) is 5.56 Å². The minimum Gasteiger partial charge on any atom is -0.341 e. The van der Waals surface area contributed by atoms with Crippen molar-refractivity contribution in [2.75, 3.05) is 13.1 Å². The summed E-state index contributed by atoms with van der Waals surface area (Å²) >= 11 is 0. The topological polar surface area (TPSA) is 46.3 Å². The zero-order valence-electron chi connectivity index (χ0n) is 12.1. The SMILES string of the molecule is N[C@@H]1CCCN(C(=O)[C@H]2C[C@@H]2c2cccc(C(F)(F)F)c2)C1. The average molecular weight is 312 g/mol. The molecule has 0 aromatic heterocycles. The van der Waals surface area contributed by atoms with Gasteiger partial charge in [0.15, 0.2) is 0 Å². The highest BCUT2D eigenvalue weighted by atomic mass is 19.4. The zero-order chi connectivity index (χ0) is 15.9. The van der Waals surface area contributed by atoms with Crippen LogP contribution >= 0.6 is 0 Å². The summed E-state index contributed by atoms with van der Waals surface area (Å²) < 4.78 is 38.3. The molecule has 2 N–H and O–H groups in total. The van der Waals surface area contributed by atoms with Crippen LogP contribution in [0, 0.1) is 5.92 Å². The second-order valence-electron chi connectivity index (χ2n) is 6.26. The molecule has 1 heterocycles. The number of nitrogens with zero attached hydrogens (tertiary/aromatic N) is 1. The Morgan fingerprint density at radius 2 is 2.09 bits per heavy atom. The number of carbonyl (C=O) groups excluding carboxylic acids is 1. The van der Waals surface area contributed by atoms with E-state index in [-0.39, 0.29) is 23.8 Å². The number of likely N-dealkylation sites (tertiary alicyclic amines) is 1. The van der Waals surface area contributed by atoms with Crippen LogP contribution in [0.5, 0.6) is 0 Å². The summed E-state index contributed by atoms with van der Waals surface area (Å²) in [4.78, 5) is 14.2. The molecule has 0 bridgehead atoms. The number of hydrogen-bond acceptors (Lipinski definition) is 2. The van der Waals surface area contributed by atoms with Crippen LogP contribution in [0.4, 0.5) is 13.2 Å². The quantitative estimate of drug-likeness (QED) is 0.913. The van der Waals surface area contributed by atoms with Gasteiger partial charge in [-0.2, -0.15) is 13.2 Å². The molecule has 1 aromatic carbocycles. The van der Waals surface area contributed by atoms with E-state index in [4.69, 9.17) is 5.73 Å². The molecule has 3 rings (SSSR count). The molecule has 1 aliphatic carbocycles. The number of alkyl halides is 3. The molecule has 1 saturated carbocycles. The summed E-state index contributed by atoms with van der Waals surface area (Å²) in [6, 6.07) is 5.33. The number of nitrogens with two attached hydrogens (primary N) is 1. The number of piperidine rings is 1. The molecule has 1 amide bonds. The Kier molecular flexibility index (Phi) is 3.89. The van der Waals surface area contributed by atoms with Crippen molar-refractivity contribution in [3.8, 4) is 0 Å². The van der Waals surface area contributed by atoms with Crippen molar-refractivity contribution in [3.63, 3.8) is 0 Å². The van der Waals surface area contributed by atoms with Gasteiger partial charge >= 0.3 is 6.18 Å². The minimum absolute atomic E-state index is 0.0171. The molecular formula is C16H19F3N2O. The predicted octanol–water partition coefficient (Wildman–Crippen LogP) is 2.76. The Hall–Kier alpha value is -1.56. The number of amides is 1. The Labute approximate surface area is 127 Å². The lowest BCUT2D eigenvalue weighted by Gasteiger charge is -2.31. The molecule has 6 heteroatoms. The van der Waals surface area contributed by atoms with Gasteiger partial charge in [0, 0.05) is 25.0 Å². The van der Waals surface area contributed by atoms with Crippen LogP contribution in [-0.2, 0) is 11.0 Å². The molecule has 22 heavy (non-hydrogen) atoms. The fourth-order valence-corrected chi connectivity index (χ4v) is 3.23. The summed E-state index contributed by atoms with van der Waals surface area (Å²) in [7, 11) is 0. The lowest BCUT2D eigenvalue weighted by molar-refractivity contribution is -0.137. The number of hydrogen-bond donors (Lipinski definition) is 1. The van der Waals surface area contributed by atoms with Gasteiger partial charge in [0.2, 0.25) is 5.91 Å². The Balaban J connectivity index is 1.68. The first-order valence-corrected chi connectivity index (χ1v) is 7.58. The van der Waals surface area contributed by atoms with Crippen molar-refractivity contribution in [1.82, 2.24) is 4.90 Å². The fraction of sp³-hybridized carbons (Fsp3) is 0.562. The lowest BCUT2D eigenvalue weighted by Crippen LogP contribution is -2.46. The van der Waals surface area contributed by atoms with Crippen LogP contribution in [0.1, 0.15) is 36.3 Å². The van der Waals surface area contributed by atoms with Gasteiger partial charge < -0.3 is 10.6 Å². The van der Waals surface area contributed by atoms with Gasteiger partial charge in [-0.25, -0.2) is 0 Å². The number of carbonyl (C=O) groups is 1. The molecule has 1 aliphatic heterocycles. The summed E-state index contributed by atoms with van der Waals surface area (Å²) in [6.07, 6.45) is -1.89. The molecule has 120 valence electrons. The Morgan fingerprint density at radius 3 is 2.77 bits per heavy atom. The number of rotatable bonds is 2. The minimum atomic E-state index is -4.34. The van der Waals surface area contributed by atoms with Crippen LogP contribution < -0.4 is 5.73 Å². The monoisotopic (exact) mass is 312 g/mol. The maximum atomic E-state index is 12.8.